The van der Waals surface area contributed by atoms with E-state index in [1.165, 1.54) is 0 Å². The maximum atomic E-state index is 11.5. The van der Waals surface area contributed by atoms with Gasteiger partial charge in [0.2, 0.25) is 0 Å². The quantitative estimate of drug-likeness (QED) is 0.724. The van der Waals surface area contributed by atoms with Crippen molar-refractivity contribution in [1.82, 2.24) is 0 Å². The summed E-state index contributed by atoms with van der Waals surface area (Å²) in [4.78, 5) is 11.5. The van der Waals surface area contributed by atoms with Gasteiger partial charge in [-0.15, -0.1) is 0 Å². The van der Waals surface area contributed by atoms with Gasteiger partial charge in [-0.2, -0.15) is 0 Å². The minimum Gasteiger partial charge on any atom is -0.394 e. The Bertz CT molecular complexity index is 156. The van der Waals surface area contributed by atoms with Crippen LogP contribution < -0.4 is 0 Å². The molecule has 0 radical (unpaired) electrons. The highest BCUT2D eigenvalue weighted by atomic mass is 79.9. The van der Waals surface area contributed by atoms with Crippen molar-refractivity contribution in [3.05, 3.63) is 0 Å². The van der Waals surface area contributed by atoms with Crippen LogP contribution in [0.5, 0.6) is 0 Å². The van der Waals surface area contributed by atoms with E-state index in [-0.39, 0.29) is 12.4 Å². The molecule has 0 saturated heterocycles. The molecule has 0 aromatic heterocycles. The standard InChI is InChI=1S/C8H15BrO2/c1-7(2,3)6(11)8(4,9)5-10/h10H,5H2,1-4H3. The van der Waals surface area contributed by atoms with Crippen molar-refractivity contribution in [3.8, 4) is 0 Å². The van der Waals surface area contributed by atoms with Gasteiger partial charge in [-0.05, 0) is 6.92 Å². The van der Waals surface area contributed by atoms with Gasteiger partial charge in [-0.3, -0.25) is 4.79 Å². The zero-order valence-corrected chi connectivity index (χ0v) is 9.03. The van der Waals surface area contributed by atoms with Crippen molar-refractivity contribution in [3.63, 3.8) is 0 Å². The average Bonchev–Trinajstić information content (AvgIpc) is 1.84. The topological polar surface area (TPSA) is 37.3 Å². The van der Waals surface area contributed by atoms with Crippen molar-refractivity contribution in [2.75, 3.05) is 6.61 Å². The Morgan fingerprint density at radius 3 is 1.82 bits per heavy atom. The summed E-state index contributed by atoms with van der Waals surface area (Å²) in [5.41, 5.74) is -0.402. The lowest BCUT2D eigenvalue weighted by molar-refractivity contribution is -0.129. The van der Waals surface area contributed by atoms with E-state index in [4.69, 9.17) is 5.11 Å². The summed E-state index contributed by atoms with van der Waals surface area (Å²) in [5, 5.41) is 8.86. The van der Waals surface area contributed by atoms with Crippen LogP contribution in [0.1, 0.15) is 27.7 Å². The van der Waals surface area contributed by atoms with Crippen molar-refractivity contribution < 1.29 is 9.90 Å². The fourth-order valence-corrected chi connectivity index (χ4v) is 1.45. The minimum atomic E-state index is -0.786. The molecule has 0 aromatic rings. The molecular weight excluding hydrogens is 208 g/mol. The molecule has 0 bridgehead atoms. The van der Waals surface area contributed by atoms with Gasteiger partial charge < -0.3 is 5.11 Å². The highest BCUT2D eigenvalue weighted by molar-refractivity contribution is 9.10. The Labute approximate surface area is 76.1 Å². The Morgan fingerprint density at radius 2 is 1.73 bits per heavy atom. The SMILES string of the molecule is CC(C)(C)C(=O)C(C)(Br)CO. The fraction of sp³-hybridized carbons (Fsp3) is 0.875. The molecule has 1 N–H and O–H groups in total. The van der Waals surface area contributed by atoms with E-state index in [0.29, 0.717) is 0 Å². The van der Waals surface area contributed by atoms with Crippen LogP contribution in [-0.2, 0) is 4.79 Å². The summed E-state index contributed by atoms with van der Waals surface area (Å²) in [7, 11) is 0. The third kappa shape index (κ3) is 2.91. The first-order valence-electron chi connectivity index (χ1n) is 3.56. The first kappa shape index (κ1) is 11.1. The Morgan fingerprint density at radius 1 is 1.36 bits per heavy atom. The maximum Gasteiger partial charge on any atom is 0.156 e. The summed E-state index contributed by atoms with van der Waals surface area (Å²) < 4.78 is -0.786. The molecule has 0 aromatic carbocycles. The molecule has 0 aliphatic heterocycles. The number of halogens is 1. The van der Waals surface area contributed by atoms with E-state index >= 15 is 0 Å². The second-order valence-corrected chi connectivity index (χ2v) is 5.68. The van der Waals surface area contributed by atoms with E-state index in [0.717, 1.165) is 0 Å². The zero-order valence-electron chi connectivity index (χ0n) is 7.44. The summed E-state index contributed by atoms with van der Waals surface area (Å²) in [6.07, 6.45) is 0. The van der Waals surface area contributed by atoms with Crippen LogP contribution >= 0.6 is 15.9 Å². The van der Waals surface area contributed by atoms with Crippen molar-refractivity contribution in [1.29, 1.82) is 0 Å². The van der Waals surface area contributed by atoms with E-state index in [1.54, 1.807) is 6.92 Å². The normalized spacial score (nSPS) is 17.6. The molecule has 11 heavy (non-hydrogen) atoms. The minimum absolute atomic E-state index is 0.0208. The molecule has 0 aliphatic carbocycles. The van der Waals surface area contributed by atoms with Gasteiger partial charge in [0.05, 0.1) is 6.61 Å². The monoisotopic (exact) mass is 222 g/mol. The van der Waals surface area contributed by atoms with Crippen molar-refractivity contribution in [2.45, 2.75) is 32.0 Å². The Hall–Kier alpha value is 0.110. The van der Waals surface area contributed by atoms with Gasteiger partial charge in [0.15, 0.2) is 5.78 Å². The number of aliphatic hydroxyl groups excluding tert-OH is 1. The largest absolute Gasteiger partial charge is 0.394 e. The van der Waals surface area contributed by atoms with Gasteiger partial charge >= 0.3 is 0 Å². The van der Waals surface area contributed by atoms with Crippen LogP contribution in [0.2, 0.25) is 0 Å². The molecule has 1 atom stereocenters. The molecule has 0 aliphatic rings. The highest BCUT2D eigenvalue weighted by Gasteiger charge is 2.36. The van der Waals surface area contributed by atoms with Gasteiger partial charge in [0.1, 0.15) is 4.32 Å². The van der Waals surface area contributed by atoms with Crippen molar-refractivity contribution >= 4 is 21.7 Å². The second-order valence-electron chi connectivity index (χ2n) is 3.93. The van der Waals surface area contributed by atoms with Gasteiger partial charge in [-0.1, -0.05) is 36.7 Å². The average molecular weight is 223 g/mol. The number of rotatable bonds is 2. The van der Waals surface area contributed by atoms with Crippen LogP contribution in [0.4, 0.5) is 0 Å². The number of ketones is 1. The number of hydrogen-bond acceptors (Lipinski definition) is 2. The molecule has 0 amide bonds. The van der Waals surface area contributed by atoms with Gasteiger partial charge in [0.25, 0.3) is 0 Å². The third-order valence-electron chi connectivity index (χ3n) is 1.45. The predicted octanol–water partition coefficient (Wildman–Crippen LogP) is 1.75. The predicted molar refractivity (Wildman–Crippen MR) is 48.9 cm³/mol. The molecular formula is C8H15BrO2. The van der Waals surface area contributed by atoms with E-state index in [1.807, 2.05) is 20.8 Å². The molecule has 0 spiro atoms. The van der Waals surface area contributed by atoms with Gasteiger partial charge in [0, 0.05) is 5.41 Å². The van der Waals surface area contributed by atoms with E-state index < -0.39 is 9.74 Å². The van der Waals surface area contributed by atoms with Crippen LogP contribution in [0, 0.1) is 5.41 Å². The van der Waals surface area contributed by atoms with Crippen LogP contribution in [-0.4, -0.2) is 21.8 Å². The molecule has 2 nitrogen and oxygen atoms in total. The first-order chi connectivity index (χ1) is 4.72. The van der Waals surface area contributed by atoms with E-state index in [9.17, 15) is 4.79 Å². The molecule has 0 rings (SSSR count). The van der Waals surface area contributed by atoms with Crippen LogP contribution in [0.25, 0.3) is 0 Å². The summed E-state index contributed by atoms with van der Waals surface area (Å²) in [5.74, 6) is 0.0208. The Balaban J connectivity index is 4.50. The molecule has 0 heterocycles. The number of Topliss-reactive ketones (excluding diaryl/α,β-unsaturated/α-hetero) is 1. The van der Waals surface area contributed by atoms with Gasteiger partial charge in [-0.25, -0.2) is 0 Å². The number of carbonyl (C=O) groups is 1. The molecule has 1 unspecified atom stereocenters. The number of alkyl halides is 1. The summed E-state index contributed by atoms with van der Waals surface area (Å²) >= 11 is 3.18. The van der Waals surface area contributed by atoms with Crippen LogP contribution in [0.15, 0.2) is 0 Å². The fourth-order valence-electron chi connectivity index (χ4n) is 0.854. The van der Waals surface area contributed by atoms with Crippen molar-refractivity contribution in [2.24, 2.45) is 5.41 Å². The number of aliphatic hydroxyl groups is 1. The number of carbonyl (C=O) groups excluding carboxylic acids is 1. The maximum absolute atomic E-state index is 11.5. The second kappa shape index (κ2) is 3.23. The molecule has 0 saturated carbocycles. The Kier molecular flexibility index (Phi) is 3.27. The lowest BCUT2D eigenvalue weighted by Gasteiger charge is -2.27. The molecule has 0 fully saturated rings. The summed E-state index contributed by atoms with van der Waals surface area (Å²) in [6.45, 7) is 7.03. The smallest absolute Gasteiger partial charge is 0.156 e. The molecule has 3 heteroatoms. The zero-order chi connectivity index (χ0) is 9.28. The van der Waals surface area contributed by atoms with E-state index in [2.05, 4.69) is 15.9 Å². The van der Waals surface area contributed by atoms with Crippen LogP contribution in [0.3, 0.4) is 0 Å². The summed E-state index contributed by atoms with van der Waals surface area (Å²) in [6, 6.07) is 0. The molecule has 66 valence electrons. The number of hydrogen-bond donors (Lipinski definition) is 1. The third-order valence-corrected chi connectivity index (χ3v) is 2.06. The lowest BCUT2D eigenvalue weighted by Crippen LogP contribution is -2.40. The highest BCUT2D eigenvalue weighted by Crippen LogP contribution is 2.28. The lowest BCUT2D eigenvalue weighted by atomic mass is 9.84. The first-order valence-corrected chi connectivity index (χ1v) is 4.36.